The van der Waals surface area contributed by atoms with E-state index in [-0.39, 0.29) is 6.42 Å². The van der Waals surface area contributed by atoms with Crippen molar-refractivity contribution in [3.8, 4) is 0 Å². The molecule has 0 spiro atoms. The third-order valence-corrected chi connectivity index (χ3v) is 2.24. The van der Waals surface area contributed by atoms with Crippen molar-refractivity contribution in [2.45, 2.75) is 18.9 Å². The molecule has 0 unspecified atom stereocenters. The van der Waals surface area contributed by atoms with Crippen molar-refractivity contribution in [3.63, 3.8) is 0 Å². The first-order chi connectivity index (χ1) is 6.97. The van der Waals surface area contributed by atoms with Crippen LogP contribution in [0.3, 0.4) is 0 Å². The Kier molecular flexibility index (Phi) is 3.16. The molecular weight excluding hydrogens is 196 g/mol. The number of carbonyl (C=O) groups excluding carboxylic acids is 1. The van der Waals surface area contributed by atoms with Crippen molar-refractivity contribution in [2.24, 2.45) is 5.73 Å². The van der Waals surface area contributed by atoms with Gasteiger partial charge in [0, 0.05) is 18.8 Å². The van der Waals surface area contributed by atoms with Gasteiger partial charge in [-0.2, -0.15) is 0 Å². The molecule has 0 saturated carbocycles. The van der Waals surface area contributed by atoms with Gasteiger partial charge in [-0.15, -0.1) is 0 Å². The quantitative estimate of drug-likeness (QED) is 0.679. The predicted molar refractivity (Wildman–Crippen MR) is 53.2 cm³/mol. The molecule has 5 nitrogen and oxygen atoms in total. The van der Waals surface area contributed by atoms with E-state index in [2.05, 4.69) is 4.98 Å². The van der Waals surface area contributed by atoms with Crippen LogP contribution in [0.25, 0.3) is 0 Å². The summed E-state index contributed by atoms with van der Waals surface area (Å²) in [4.78, 5) is 25.9. The van der Waals surface area contributed by atoms with Crippen molar-refractivity contribution in [1.82, 2.24) is 4.98 Å². The molecular formula is C10H12N2O3. The average molecular weight is 208 g/mol. The number of carboxylic acids is 1. The Bertz CT molecular complexity index is 362. The monoisotopic (exact) mass is 208 g/mol. The number of aromatic nitrogens is 1. The number of nitrogens with zero attached hydrogens (tertiary/aromatic N) is 1. The molecule has 1 atom stereocenters. The lowest BCUT2D eigenvalue weighted by Gasteiger charge is -2.21. The van der Waals surface area contributed by atoms with Crippen LogP contribution in [0.1, 0.15) is 12.5 Å². The lowest BCUT2D eigenvalue weighted by atomic mass is 9.89. The SMILES string of the molecule is CC(=O)[C@@](N)(Cc1ccncc1)C(=O)O. The van der Waals surface area contributed by atoms with Crippen molar-refractivity contribution >= 4 is 11.8 Å². The Morgan fingerprint density at radius 3 is 2.40 bits per heavy atom. The molecule has 80 valence electrons. The van der Waals surface area contributed by atoms with E-state index < -0.39 is 17.3 Å². The number of ketones is 1. The first-order valence-electron chi connectivity index (χ1n) is 4.39. The number of hydrogen-bond donors (Lipinski definition) is 2. The molecule has 0 bridgehead atoms. The van der Waals surface area contributed by atoms with E-state index >= 15 is 0 Å². The zero-order chi connectivity index (χ0) is 11.5. The van der Waals surface area contributed by atoms with Crippen LogP contribution in [0, 0.1) is 0 Å². The zero-order valence-electron chi connectivity index (χ0n) is 8.30. The van der Waals surface area contributed by atoms with Crippen molar-refractivity contribution in [2.75, 3.05) is 0 Å². The standard InChI is InChI=1S/C10H12N2O3/c1-7(13)10(11,9(14)15)6-8-2-4-12-5-3-8/h2-5H,6,11H2,1H3,(H,14,15)/t10-/m0/s1. The van der Waals surface area contributed by atoms with Crippen molar-refractivity contribution < 1.29 is 14.7 Å². The summed E-state index contributed by atoms with van der Waals surface area (Å²) in [6.07, 6.45) is 3.02. The van der Waals surface area contributed by atoms with Gasteiger partial charge < -0.3 is 10.8 Å². The minimum Gasteiger partial charge on any atom is -0.480 e. The molecule has 15 heavy (non-hydrogen) atoms. The number of aliphatic carboxylic acids is 1. The van der Waals surface area contributed by atoms with E-state index in [0.29, 0.717) is 5.56 Å². The summed E-state index contributed by atoms with van der Waals surface area (Å²) in [5.41, 5.74) is 4.37. The smallest absolute Gasteiger partial charge is 0.331 e. The van der Waals surface area contributed by atoms with E-state index in [0.717, 1.165) is 0 Å². The Labute approximate surface area is 86.9 Å². The maximum absolute atomic E-state index is 11.2. The van der Waals surface area contributed by atoms with Gasteiger partial charge in [0.25, 0.3) is 0 Å². The van der Waals surface area contributed by atoms with Gasteiger partial charge in [-0.3, -0.25) is 9.78 Å². The second-order valence-electron chi connectivity index (χ2n) is 3.36. The molecule has 0 radical (unpaired) electrons. The second-order valence-corrected chi connectivity index (χ2v) is 3.36. The minimum absolute atomic E-state index is 0.0276. The number of nitrogens with two attached hydrogens (primary N) is 1. The minimum atomic E-state index is -1.85. The third-order valence-electron chi connectivity index (χ3n) is 2.24. The molecule has 0 aromatic carbocycles. The Balaban J connectivity index is 2.95. The van der Waals surface area contributed by atoms with Gasteiger partial charge in [-0.05, 0) is 24.6 Å². The number of Topliss-reactive ketones (excluding diaryl/α,β-unsaturated/α-hetero) is 1. The molecule has 3 N–H and O–H groups in total. The first kappa shape index (κ1) is 11.3. The Morgan fingerprint density at radius 1 is 1.47 bits per heavy atom. The number of hydrogen-bond acceptors (Lipinski definition) is 4. The fraction of sp³-hybridized carbons (Fsp3) is 0.300. The summed E-state index contributed by atoms with van der Waals surface area (Å²) in [5, 5.41) is 8.90. The highest BCUT2D eigenvalue weighted by molar-refractivity contribution is 6.06. The normalized spacial score (nSPS) is 14.3. The molecule has 0 amide bonds. The third kappa shape index (κ3) is 2.38. The van der Waals surface area contributed by atoms with Crippen LogP contribution in [0.5, 0.6) is 0 Å². The van der Waals surface area contributed by atoms with Crippen LogP contribution >= 0.6 is 0 Å². The zero-order valence-corrected chi connectivity index (χ0v) is 8.30. The fourth-order valence-corrected chi connectivity index (χ4v) is 1.17. The highest BCUT2D eigenvalue weighted by atomic mass is 16.4. The topological polar surface area (TPSA) is 93.3 Å². The number of carboxylic acid groups (broad SMARTS) is 1. The van der Waals surface area contributed by atoms with Crippen LogP contribution in [-0.4, -0.2) is 27.4 Å². The van der Waals surface area contributed by atoms with E-state index in [4.69, 9.17) is 10.8 Å². The highest BCUT2D eigenvalue weighted by Gasteiger charge is 2.39. The predicted octanol–water partition coefficient (Wildman–Crippen LogP) is -0.00480. The van der Waals surface area contributed by atoms with E-state index in [1.165, 1.54) is 19.3 Å². The summed E-state index contributed by atoms with van der Waals surface area (Å²) >= 11 is 0. The summed E-state index contributed by atoms with van der Waals surface area (Å²) in [5.74, 6) is -1.88. The Hall–Kier alpha value is -1.75. The first-order valence-corrected chi connectivity index (χ1v) is 4.39. The molecule has 1 heterocycles. The molecule has 0 saturated heterocycles. The van der Waals surface area contributed by atoms with Gasteiger partial charge in [0.1, 0.15) is 0 Å². The maximum atomic E-state index is 11.2. The van der Waals surface area contributed by atoms with Crippen molar-refractivity contribution in [3.05, 3.63) is 30.1 Å². The molecule has 1 rings (SSSR count). The van der Waals surface area contributed by atoms with Crippen LogP contribution < -0.4 is 5.73 Å². The molecule has 0 aliphatic heterocycles. The van der Waals surface area contributed by atoms with Crippen molar-refractivity contribution in [1.29, 1.82) is 0 Å². The Morgan fingerprint density at radius 2 is 2.00 bits per heavy atom. The van der Waals surface area contributed by atoms with Crippen LogP contribution in [0.15, 0.2) is 24.5 Å². The molecule has 1 aromatic rings. The van der Waals surface area contributed by atoms with Gasteiger partial charge in [-0.25, -0.2) is 4.79 Å². The largest absolute Gasteiger partial charge is 0.480 e. The van der Waals surface area contributed by atoms with Gasteiger partial charge in [-0.1, -0.05) is 0 Å². The lowest BCUT2D eigenvalue weighted by Crippen LogP contribution is -2.55. The lowest BCUT2D eigenvalue weighted by molar-refractivity contribution is -0.147. The average Bonchev–Trinajstić information content (AvgIpc) is 2.18. The molecule has 0 fully saturated rings. The molecule has 1 aromatic heterocycles. The van der Waals surface area contributed by atoms with Gasteiger partial charge in [0.15, 0.2) is 11.3 Å². The van der Waals surface area contributed by atoms with E-state index in [1.54, 1.807) is 12.1 Å². The van der Waals surface area contributed by atoms with Gasteiger partial charge >= 0.3 is 5.97 Å². The fourth-order valence-electron chi connectivity index (χ4n) is 1.17. The number of carbonyl (C=O) groups is 2. The molecule has 0 aliphatic rings. The number of pyridine rings is 1. The summed E-state index contributed by atoms with van der Waals surface area (Å²) in [6, 6.07) is 3.26. The summed E-state index contributed by atoms with van der Waals surface area (Å²) in [6.45, 7) is 1.18. The van der Waals surface area contributed by atoms with Crippen LogP contribution in [0.2, 0.25) is 0 Å². The summed E-state index contributed by atoms with van der Waals surface area (Å²) in [7, 11) is 0. The van der Waals surface area contributed by atoms with Crippen LogP contribution in [0.4, 0.5) is 0 Å². The highest BCUT2D eigenvalue weighted by Crippen LogP contribution is 2.12. The second kappa shape index (κ2) is 4.18. The molecule has 0 aliphatic carbocycles. The van der Waals surface area contributed by atoms with Gasteiger partial charge in [0.2, 0.25) is 0 Å². The van der Waals surface area contributed by atoms with Crippen LogP contribution in [-0.2, 0) is 16.0 Å². The van der Waals surface area contributed by atoms with Gasteiger partial charge in [0.05, 0.1) is 0 Å². The molecule has 5 heteroatoms. The number of rotatable bonds is 4. The maximum Gasteiger partial charge on any atom is 0.331 e. The van der Waals surface area contributed by atoms with E-state index in [1.807, 2.05) is 0 Å². The summed E-state index contributed by atoms with van der Waals surface area (Å²) < 4.78 is 0. The van der Waals surface area contributed by atoms with E-state index in [9.17, 15) is 9.59 Å².